The second-order valence-electron chi connectivity index (χ2n) is 7.69. The first kappa shape index (κ1) is 17.2. The second-order valence-corrected chi connectivity index (χ2v) is 7.69. The lowest BCUT2D eigenvalue weighted by molar-refractivity contribution is 0.108. The van der Waals surface area contributed by atoms with E-state index in [4.69, 9.17) is 0 Å². The SMILES string of the molecule is CCNC1CC(C)CC(C)C1CN(C)CCN1CCCC1. The van der Waals surface area contributed by atoms with Crippen molar-refractivity contribution in [3.05, 3.63) is 0 Å². The van der Waals surface area contributed by atoms with Crippen molar-refractivity contribution in [2.24, 2.45) is 17.8 Å². The van der Waals surface area contributed by atoms with Crippen molar-refractivity contribution >= 4 is 0 Å². The number of rotatable bonds is 7. The Morgan fingerprint density at radius 3 is 2.52 bits per heavy atom. The molecule has 2 rings (SSSR count). The van der Waals surface area contributed by atoms with E-state index in [1.54, 1.807) is 0 Å². The van der Waals surface area contributed by atoms with E-state index in [-0.39, 0.29) is 0 Å². The molecule has 2 aliphatic rings. The van der Waals surface area contributed by atoms with Crippen LogP contribution >= 0.6 is 0 Å². The molecule has 0 amide bonds. The van der Waals surface area contributed by atoms with Gasteiger partial charge in [-0.05, 0) is 70.1 Å². The van der Waals surface area contributed by atoms with E-state index in [2.05, 4.69) is 42.9 Å². The highest BCUT2D eigenvalue weighted by Crippen LogP contribution is 2.34. The van der Waals surface area contributed by atoms with E-state index in [0.29, 0.717) is 0 Å². The van der Waals surface area contributed by atoms with Crippen LogP contribution in [0.4, 0.5) is 0 Å². The van der Waals surface area contributed by atoms with Crippen LogP contribution in [0.2, 0.25) is 0 Å². The third kappa shape index (κ3) is 5.22. The van der Waals surface area contributed by atoms with Gasteiger partial charge in [-0.3, -0.25) is 0 Å². The lowest BCUT2D eigenvalue weighted by Gasteiger charge is -2.42. The molecular weight excluding hydrogens is 258 g/mol. The van der Waals surface area contributed by atoms with Gasteiger partial charge >= 0.3 is 0 Å². The maximum absolute atomic E-state index is 3.76. The van der Waals surface area contributed by atoms with Crippen LogP contribution in [0.5, 0.6) is 0 Å². The van der Waals surface area contributed by atoms with Crippen molar-refractivity contribution in [2.45, 2.75) is 52.5 Å². The molecule has 3 heteroatoms. The van der Waals surface area contributed by atoms with Gasteiger partial charge in [-0.25, -0.2) is 0 Å². The van der Waals surface area contributed by atoms with Crippen LogP contribution < -0.4 is 5.32 Å². The molecule has 0 aromatic heterocycles. The van der Waals surface area contributed by atoms with Crippen molar-refractivity contribution < 1.29 is 0 Å². The zero-order valence-electron chi connectivity index (χ0n) is 14.8. The highest BCUT2D eigenvalue weighted by atomic mass is 15.2. The van der Waals surface area contributed by atoms with Crippen molar-refractivity contribution in [1.29, 1.82) is 0 Å². The number of nitrogens with zero attached hydrogens (tertiary/aromatic N) is 2. The molecule has 0 aromatic carbocycles. The summed E-state index contributed by atoms with van der Waals surface area (Å²) in [6, 6.07) is 0.725. The van der Waals surface area contributed by atoms with Crippen LogP contribution in [0.15, 0.2) is 0 Å². The summed E-state index contributed by atoms with van der Waals surface area (Å²) in [5, 5.41) is 3.76. The number of likely N-dealkylation sites (tertiary alicyclic amines) is 1. The van der Waals surface area contributed by atoms with Crippen LogP contribution in [0.25, 0.3) is 0 Å². The molecule has 1 saturated heterocycles. The molecule has 0 bridgehead atoms. The van der Waals surface area contributed by atoms with E-state index in [9.17, 15) is 0 Å². The van der Waals surface area contributed by atoms with Gasteiger partial charge in [0, 0.05) is 25.7 Å². The Balaban J connectivity index is 1.79. The number of likely N-dealkylation sites (N-methyl/N-ethyl adjacent to an activating group) is 1. The summed E-state index contributed by atoms with van der Waals surface area (Å²) in [7, 11) is 2.32. The monoisotopic (exact) mass is 295 g/mol. The summed E-state index contributed by atoms with van der Waals surface area (Å²) in [4.78, 5) is 5.21. The molecule has 3 nitrogen and oxygen atoms in total. The average Bonchev–Trinajstić information content (AvgIpc) is 2.94. The third-order valence-corrected chi connectivity index (χ3v) is 5.66. The summed E-state index contributed by atoms with van der Waals surface area (Å²) < 4.78 is 0. The highest BCUT2D eigenvalue weighted by Gasteiger charge is 2.33. The molecule has 1 aliphatic carbocycles. The maximum atomic E-state index is 3.76. The van der Waals surface area contributed by atoms with Gasteiger partial charge in [-0.2, -0.15) is 0 Å². The fourth-order valence-electron chi connectivity index (χ4n) is 4.48. The molecule has 4 atom stereocenters. The molecular formula is C18H37N3. The molecule has 1 heterocycles. The van der Waals surface area contributed by atoms with Gasteiger partial charge in [-0.1, -0.05) is 20.8 Å². The topological polar surface area (TPSA) is 18.5 Å². The Morgan fingerprint density at radius 2 is 1.86 bits per heavy atom. The van der Waals surface area contributed by atoms with Gasteiger partial charge in [0.2, 0.25) is 0 Å². The molecule has 0 spiro atoms. The summed E-state index contributed by atoms with van der Waals surface area (Å²) in [6.07, 6.45) is 5.59. The fourth-order valence-corrected chi connectivity index (χ4v) is 4.48. The van der Waals surface area contributed by atoms with Crippen molar-refractivity contribution in [3.63, 3.8) is 0 Å². The van der Waals surface area contributed by atoms with Crippen molar-refractivity contribution in [2.75, 3.05) is 46.3 Å². The lowest BCUT2D eigenvalue weighted by Crippen LogP contribution is -2.49. The third-order valence-electron chi connectivity index (χ3n) is 5.66. The Morgan fingerprint density at radius 1 is 1.14 bits per heavy atom. The first-order chi connectivity index (χ1) is 10.1. The highest BCUT2D eigenvalue weighted by molar-refractivity contribution is 4.89. The molecule has 1 N–H and O–H groups in total. The predicted octanol–water partition coefficient (Wildman–Crippen LogP) is 2.67. The Labute approximate surface area is 132 Å². The van der Waals surface area contributed by atoms with Crippen LogP contribution in [0.1, 0.15) is 46.5 Å². The minimum atomic E-state index is 0.725. The first-order valence-electron chi connectivity index (χ1n) is 9.24. The predicted molar refractivity (Wildman–Crippen MR) is 91.7 cm³/mol. The second kappa shape index (κ2) is 8.50. The van der Waals surface area contributed by atoms with E-state index >= 15 is 0 Å². The molecule has 4 unspecified atom stereocenters. The van der Waals surface area contributed by atoms with Crippen LogP contribution in [-0.4, -0.2) is 62.2 Å². The van der Waals surface area contributed by atoms with E-state index in [1.807, 2.05) is 0 Å². The zero-order valence-corrected chi connectivity index (χ0v) is 14.8. The van der Waals surface area contributed by atoms with Gasteiger partial charge in [0.1, 0.15) is 0 Å². The molecule has 124 valence electrons. The normalized spacial score (nSPS) is 34.7. The first-order valence-corrected chi connectivity index (χ1v) is 9.24. The quantitative estimate of drug-likeness (QED) is 0.779. The van der Waals surface area contributed by atoms with Gasteiger partial charge < -0.3 is 15.1 Å². The van der Waals surface area contributed by atoms with Crippen LogP contribution in [0, 0.1) is 17.8 Å². The Kier molecular flexibility index (Phi) is 6.97. The maximum Gasteiger partial charge on any atom is 0.0112 e. The molecule has 1 aliphatic heterocycles. The Bertz CT molecular complexity index is 288. The van der Waals surface area contributed by atoms with Gasteiger partial charge in [0.05, 0.1) is 0 Å². The van der Waals surface area contributed by atoms with E-state index in [1.165, 1.54) is 58.4 Å². The summed E-state index contributed by atoms with van der Waals surface area (Å²) >= 11 is 0. The van der Waals surface area contributed by atoms with Crippen molar-refractivity contribution in [1.82, 2.24) is 15.1 Å². The van der Waals surface area contributed by atoms with Gasteiger partial charge in [-0.15, -0.1) is 0 Å². The standard InChI is InChI=1S/C18H37N3/c1-5-19-18-13-15(2)12-16(3)17(18)14-20(4)10-11-21-8-6-7-9-21/h15-19H,5-14H2,1-4H3. The average molecular weight is 296 g/mol. The van der Waals surface area contributed by atoms with Gasteiger partial charge in [0.15, 0.2) is 0 Å². The molecule has 0 aromatic rings. The largest absolute Gasteiger partial charge is 0.314 e. The van der Waals surface area contributed by atoms with E-state index in [0.717, 1.165) is 30.3 Å². The van der Waals surface area contributed by atoms with Gasteiger partial charge in [0.25, 0.3) is 0 Å². The van der Waals surface area contributed by atoms with Crippen LogP contribution in [-0.2, 0) is 0 Å². The van der Waals surface area contributed by atoms with Crippen molar-refractivity contribution in [3.8, 4) is 0 Å². The summed E-state index contributed by atoms with van der Waals surface area (Å²) in [5.74, 6) is 2.56. The fraction of sp³-hybridized carbons (Fsp3) is 1.00. The minimum Gasteiger partial charge on any atom is -0.314 e. The number of hydrogen-bond acceptors (Lipinski definition) is 3. The summed E-state index contributed by atoms with van der Waals surface area (Å²) in [6.45, 7) is 14.7. The Hall–Kier alpha value is -0.120. The molecule has 1 saturated carbocycles. The molecule has 0 radical (unpaired) electrons. The van der Waals surface area contributed by atoms with Crippen LogP contribution in [0.3, 0.4) is 0 Å². The molecule has 2 fully saturated rings. The minimum absolute atomic E-state index is 0.725. The summed E-state index contributed by atoms with van der Waals surface area (Å²) in [5.41, 5.74) is 0. The zero-order chi connectivity index (χ0) is 15.2. The smallest absolute Gasteiger partial charge is 0.0112 e. The molecule has 21 heavy (non-hydrogen) atoms. The van der Waals surface area contributed by atoms with E-state index < -0.39 is 0 Å². The number of hydrogen-bond donors (Lipinski definition) is 1. The number of nitrogens with one attached hydrogen (secondary N) is 1. The lowest BCUT2D eigenvalue weighted by atomic mass is 9.72.